The highest BCUT2D eigenvalue weighted by atomic mass is 16.5. The maximum atomic E-state index is 11.7. The molecule has 0 radical (unpaired) electrons. The molecule has 1 saturated heterocycles. The van der Waals surface area contributed by atoms with E-state index in [0.717, 1.165) is 51.6 Å². The van der Waals surface area contributed by atoms with Crippen LogP contribution in [0.1, 0.15) is 12.2 Å². The highest BCUT2D eigenvalue weighted by molar-refractivity contribution is 5.77. The molecule has 0 spiro atoms. The van der Waals surface area contributed by atoms with Crippen LogP contribution in [0.3, 0.4) is 0 Å². The van der Waals surface area contributed by atoms with Crippen LogP contribution >= 0.6 is 0 Å². The van der Waals surface area contributed by atoms with E-state index >= 15 is 0 Å². The Morgan fingerprint density at radius 2 is 2.26 bits per heavy atom. The molecule has 2 heterocycles. The summed E-state index contributed by atoms with van der Waals surface area (Å²) in [5.74, 6) is 0.835. The molecular formula is C13H22N4O2. The van der Waals surface area contributed by atoms with E-state index in [2.05, 4.69) is 15.2 Å². The highest BCUT2D eigenvalue weighted by Gasteiger charge is 2.10. The van der Waals surface area contributed by atoms with Gasteiger partial charge in [-0.25, -0.2) is 4.98 Å². The first-order valence-corrected chi connectivity index (χ1v) is 6.78. The van der Waals surface area contributed by atoms with Crippen molar-refractivity contribution in [3.63, 3.8) is 0 Å². The number of hydrogen-bond donors (Lipinski definition) is 1. The summed E-state index contributed by atoms with van der Waals surface area (Å²) in [6.45, 7) is 5.39. The van der Waals surface area contributed by atoms with Crippen LogP contribution in [0, 0.1) is 0 Å². The monoisotopic (exact) mass is 266 g/mol. The molecule has 19 heavy (non-hydrogen) atoms. The summed E-state index contributed by atoms with van der Waals surface area (Å²) in [6.07, 6.45) is 4.88. The minimum Gasteiger partial charge on any atom is -0.379 e. The first-order valence-electron chi connectivity index (χ1n) is 6.78. The summed E-state index contributed by atoms with van der Waals surface area (Å²) >= 11 is 0. The number of aryl methyl sites for hydroxylation is 1. The summed E-state index contributed by atoms with van der Waals surface area (Å²) in [5, 5.41) is 2.94. The second-order valence-corrected chi connectivity index (χ2v) is 4.79. The van der Waals surface area contributed by atoms with Gasteiger partial charge in [-0.15, -0.1) is 0 Å². The first-order chi connectivity index (χ1) is 9.25. The number of nitrogens with zero attached hydrogens (tertiary/aromatic N) is 3. The third-order valence-corrected chi connectivity index (χ3v) is 3.32. The Morgan fingerprint density at radius 3 is 2.95 bits per heavy atom. The van der Waals surface area contributed by atoms with Gasteiger partial charge in [0.15, 0.2) is 0 Å². The van der Waals surface area contributed by atoms with Gasteiger partial charge in [-0.05, 0) is 13.0 Å². The fourth-order valence-electron chi connectivity index (χ4n) is 2.13. The Balaban J connectivity index is 1.57. The lowest BCUT2D eigenvalue weighted by atomic mass is 10.3. The Bertz CT molecular complexity index is 399. The molecule has 1 aromatic rings. The molecular weight excluding hydrogens is 244 g/mol. The van der Waals surface area contributed by atoms with Crippen LogP contribution in [0.4, 0.5) is 0 Å². The number of hydrogen-bond acceptors (Lipinski definition) is 4. The molecule has 1 N–H and O–H groups in total. The fourth-order valence-corrected chi connectivity index (χ4v) is 2.13. The Kier molecular flexibility index (Phi) is 5.35. The second kappa shape index (κ2) is 7.25. The van der Waals surface area contributed by atoms with E-state index in [-0.39, 0.29) is 5.91 Å². The zero-order valence-electron chi connectivity index (χ0n) is 11.5. The summed E-state index contributed by atoms with van der Waals surface area (Å²) in [6, 6.07) is 0. The largest absolute Gasteiger partial charge is 0.379 e. The number of carbonyl (C=O) groups excluding carboxylic acids is 1. The van der Waals surface area contributed by atoms with Crippen LogP contribution in [0.5, 0.6) is 0 Å². The van der Waals surface area contributed by atoms with Gasteiger partial charge in [-0.1, -0.05) is 0 Å². The van der Waals surface area contributed by atoms with Crippen LogP contribution in [-0.4, -0.2) is 59.8 Å². The topological polar surface area (TPSA) is 59.4 Å². The van der Waals surface area contributed by atoms with E-state index in [9.17, 15) is 4.79 Å². The number of aromatic nitrogens is 2. The zero-order valence-corrected chi connectivity index (χ0v) is 11.5. The van der Waals surface area contributed by atoms with Crippen molar-refractivity contribution in [2.45, 2.75) is 12.8 Å². The number of imidazole rings is 1. The predicted octanol–water partition coefficient (Wildman–Crippen LogP) is -0.199. The van der Waals surface area contributed by atoms with Crippen LogP contribution < -0.4 is 5.32 Å². The molecule has 1 aromatic heterocycles. The van der Waals surface area contributed by atoms with Gasteiger partial charge in [-0.3, -0.25) is 9.69 Å². The van der Waals surface area contributed by atoms with Crippen molar-refractivity contribution in [2.75, 3.05) is 39.4 Å². The minimum absolute atomic E-state index is 0.0382. The Labute approximate surface area is 113 Å². The van der Waals surface area contributed by atoms with Crippen molar-refractivity contribution in [1.29, 1.82) is 0 Å². The third kappa shape index (κ3) is 4.65. The molecule has 2 rings (SSSR count). The van der Waals surface area contributed by atoms with Gasteiger partial charge in [0.2, 0.25) is 5.91 Å². The van der Waals surface area contributed by atoms with Gasteiger partial charge in [0.05, 0.1) is 19.6 Å². The van der Waals surface area contributed by atoms with E-state index in [4.69, 9.17) is 4.74 Å². The SMILES string of the molecule is Cn1ccnc1CC(=O)NCCCN1CCOCC1. The second-order valence-electron chi connectivity index (χ2n) is 4.79. The first kappa shape index (κ1) is 14.0. The van der Waals surface area contributed by atoms with Crippen molar-refractivity contribution >= 4 is 5.91 Å². The summed E-state index contributed by atoms with van der Waals surface area (Å²) < 4.78 is 7.16. The fraction of sp³-hybridized carbons (Fsp3) is 0.692. The maximum absolute atomic E-state index is 11.7. The average molecular weight is 266 g/mol. The number of morpholine rings is 1. The van der Waals surface area contributed by atoms with Crippen molar-refractivity contribution in [3.8, 4) is 0 Å². The number of rotatable bonds is 6. The number of carbonyl (C=O) groups is 1. The van der Waals surface area contributed by atoms with Crippen molar-refractivity contribution < 1.29 is 9.53 Å². The van der Waals surface area contributed by atoms with Gasteiger partial charge in [0.1, 0.15) is 5.82 Å². The van der Waals surface area contributed by atoms with E-state index in [1.54, 1.807) is 6.20 Å². The Morgan fingerprint density at radius 1 is 1.47 bits per heavy atom. The lowest BCUT2D eigenvalue weighted by Gasteiger charge is -2.26. The zero-order chi connectivity index (χ0) is 13.5. The lowest BCUT2D eigenvalue weighted by molar-refractivity contribution is -0.120. The lowest BCUT2D eigenvalue weighted by Crippen LogP contribution is -2.38. The molecule has 0 saturated carbocycles. The van der Waals surface area contributed by atoms with Gasteiger partial charge < -0.3 is 14.6 Å². The van der Waals surface area contributed by atoms with Crippen LogP contribution in [0.15, 0.2) is 12.4 Å². The van der Waals surface area contributed by atoms with Crippen LogP contribution in [-0.2, 0) is 23.0 Å². The van der Waals surface area contributed by atoms with Gasteiger partial charge in [0, 0.05) is 39.1 Å². The molecule has 0 unspecified atom stereocenters. The van der Waals surface area contributed by atoms with Gasteiger partial charge >= 0.3 is 0 Å². The van der Waals surface area contributed by atoms with Crippen molar-refractivity contribution in [3.05, 3.63) is 18.2 Å². The molecule has 1 aliphatic heterocycles. The molecule has 1 amide bonds. The summed E-state index contributed by atoms with van der Waals surface area (Å²) in [7, 11) is 1.90. The Hall–Kier alpha value is -1.40. The number of nitrogens with one attached hydrogen (secondary N) is 1. The van der Waals surface area contributed by atoms with Crippen molar-refractivity contribution in [2.24, 2.45) is 7.05 Å². The van der Waals surface area contributed by atoms with Crippen molar-refractivity contribution in [1.82, 2.24) is 19.8 Å². The maximum Gasteiger partial charge on any atom is 0.227 e. The summed E-state index contributed by atoms with van der Waals surface area (Å²) in [5.41, 5.74) is 0. The molecule has 6 heteroatoms. The third-order valence-electron chi connectivity index (χ3n) is 3.32. The predicted molar refractivity (Wildman–Crippen MR) is 71.8 cm³/mol. The molecule has 1 fully saturated rings. The summed E-state index contributed by atoms with van der Waals surface area (Å²) in [4.78, 5) is 18.2. The smallest absolute Gasteiger partial charge is 0.227 e. The normalized spacial score (nSPS) is 16.5. The van der Waals surface area contributed by atoms with Crippen LogP contribution in [0.25, 0.3) is 0 Å². The highest BCUT2D eigenvalue weighted by Crippen LogP contribution is 1.98. The molecule has 0 atom stereocenters. The molecule has 0 bridgehead atoms. The van der Waals surface area contributed by atoms with Gasteiger partial charge in [0.25, 0.3) is 0 Å². The molecule has 106 valence electrons. The van der Waals surface area contributed by atoms with Crippen LogP contribution in [0.2, 0.25) is 0 Å². The van der Waals surface area contributed by atoms with E-state index in [0.29, 0.717) is 6.42 Å². The van der Waals surface area contributed by atoms with E-state index in [1.807, 2.05) is 17.8 Å². The molecule has 1 aliphatic rings. The molecule has 6 nitrogen and oxygen atoms in total. The minimum atomic E-state index is 0.0382. The average Bonchev–Trinajstić information content (AvgIpc) is 2.82. The number of amides is 1. The molecule has 0 aliphatic carbocycles. The number of ether oxygens (including phenoxy) is 1. The quantitative estimate of drug-likeness (QED) is 0.725. The molecule has 0 aromatic carbocycles. The standard InChI is InChI=1S/C13H22N4O2/c1-16-6-4-14-12(16)11-13(18)15-3-2-5-17-7-9-19-10-8-17/h4,6H,2-3,5,7-11H2,1H3,(H,15,18). The van der Waals surface area contributed by atoms with E-state index in [1.165, 1.54) is 0 Å². The van der Waals surface area contributed by atoms with Gasteiger partial charge in [-0.2, -0.15) is 0 Å². The van der Waals surface area contributed by atoms with E-state index < -0.39 is 0 Å².